The van der Waals surface area contributed by atoms with Crippen molar-refractivity contribution in [2.24, 2.45) is 0 Å². The van der Waals surface area contributed by atoms with Gasteiger partial charge in [-0.05, 0) is 35.2 Å². The number of hydrogen-bond acceptors (Lipinski definition) is 3. The van der Waals surface area contributed by atoms with Crippen LogP contribution in [0.3, 0.4) is 0 Å². The summed E-state index contributed by atoms with van der Waals surface area (Å²) in [6, 6.07) is 16.8. The molecule has 0 aliphatic heterocycles. The van der Waals surface area contributed by atoms with Gasteiger partial charge in [0.15, 0.2) is 0 Å². The van der Waals surface area contributed by atoms with Crippen LogP contribution in [0.5, 0.6) is 5.75 Å². The molecule has 0 saturated heterocycles. The Kier molecular flexibility index (Phi) is 4.86. The van der Waals surface area contributed by atoms with Crippen molar-refractivity contribution in [2.45, 2.75) is 26.2 Å². The lowest BCUT2D eigenvalue weighted by Crippen LogP contribution is -2.34. The summed E-state index contributed by atoms with van der Waals surface area (Å²) in [5.74, 6) is -0.345. The summed E-state index contributed by atoms with van der Waals surface area (Å²) in [7, 11) is 0. The Hall–Kier alpha value is -3.34. The molecule has 138 valence electrons. The number of carbonyl (C=O) groups excluding carboxylic acids is 2. The minimum absolute atomic E-state index is 0.00763. The van der Waals surface area contributed by atoms with Gasteiger partial charge in [0, 0.05) is 16.3 Å². The van der Waals surface area contributed by atoms with E-state index in [2.05, 4.69) is 31.4 Å². The highest BCUT2D eigenvalue weighted by molar-refractivity contribution is 6.10. The average molecular weight is 362 g/mol. The van der Waals surface area contributed by atoms with E-state index in [1.54, 1.807) is 48.5 Å². The molecule has 0 saturated carbocycles. The van der Waals surface area contributed by atoms with Crippen molar-refractivity contribution in [3.8, 4) is 5.75 Å². The van der Waals surface area contributed by atoms with Gasteiger partial charge < -0.3 is 10.4 Å². The first-order valence-electron chi connectivity index (χ1n) is 8.69. The fourth-order valence-electron chi connectivity index (χ4n) is 2.85. The van der Waals surface area contributed by atoms with Crippen LogP contribution in [0, 0.1) is 0 Å². The third-order valence-electron chi connectivity index (χ3n) is 4.39. The van der Waals surface area contributed by atoms with Crippen LogP contribution >= 0.6 is 0 Å². The van der Waals surface area contributed by atoms with Crippen molar-refractivity contribution < 1.29 is 14.7 Å². The Bertz CT molecular complexity index is 1000. The predicted molar refractivity (Wildman–Crippen MR) is 107 cm³/mol. The molecule has 0 unspecified atom stereocenters. The maximum Gasteiger partial charge on any atom is 0.326 e. The van der Waals surface area contributed by atoms with Gasteiger partial charge in [0.2, 0.25) is 0 Å². The maximum absolute atomic E-state index is 12.3. The van der Waals surface area contributed by atoms with Crippen molar-refractivity contribution in [2.75, 3.05) is 5.32 Å². The van der Waals surface area contributed by atoms with Crippen molar-refractivity contribution in [1.82, 2.24) is 5.32 Å². The van der Waals surface area contributed by atoms with Gasteiger partial charge in [-0.1, -0.05) is 57.2 Å². The minimum atomic E-state index is -0.629. The zero-order valence-electron chi connectivity index (χ0n) is 15.5. The summed E-state index contributed by atoms with van der Waals surface area (Å²) in [6.45, 7) is 6.28. The minimum Gasteiger partial charge on any atom is -0.507 e. The molecule has 0 heterocycles. The molecule has 0 aliphatic rings. The van der Waals surface area contributed by atoms with Crippen LogP contribution in [0.1, 0.15) is 36.7 Å². The van der Waals surface area contributed by atoms with Crippen LogP contribution in [0.15, 0.2) is 60.7 Å². The molecule has 0 aliphatic carbocycles. The molecule has 0 fully saturated rings. The van der Waals surface area contributed by atoms with Crippen LogP contribution in [0.25, 0.3) is 10.8 Å². The molecular formula is C22H22N2O3. The number of phenolic OH excluding ortho intramolecular Hbond substituents is 1. The Morgan fingerprint density at radius 2 is 1.48 bits per heavy atom. The summed E-state index contributed by atoms with van der Waals surface area (Å²) in [4.78, 5) is 24.6. The third kappa shape index (κ3) is 4.08. The van der Waals surface area contributed by atoms with E-state index in [-0.39, 0.29) is 11.2 Å². The van der Waals surface area contributed by atoms with E-state index in [1.165, 1.54) is 0 Å². The van der Waals surface area contributed by atoms with Crippen molar-refractivity contribution in [1.29, 1.82) is 0 Å². The normalized spacial score (nSPS) is 11.2. The molecule has 0 atom stereocenters. The number of anilines is 1. The molecule has 3 rings (SSSR count). The number of hydrogen-bond donors (Lipinski definition) is 3. The molecule has 27 heavy (non-hydrogen) atoms. The monoisotopic (exact) mass is 362 g/mol. The number of aromatic hydroxyl groups is 1. The quantitative estimate of drug-likeness (QED) is 0.612. The van der Waals surface area contributed by atoms with Crippen LogP contribution in [0.2, 0.25) is 0 Å². The van der Waals surface area contributed by atoms with E-state index in [0.717, 1.165) is 5.56 Å². The third-order valence-corrected chi connectivity index (χ3v) is 4.39. The van der Waals surface area contributed by atoms with Crippen LogP contribution < -0.4 is 10.6 Å². The predicted octanol–water partition coefficient (Wildman–Crippen LogP) is 4.80. The van der Waals surface area contributed by atoms with E-state index in [1.807, 2.05) is 12.1 Å². The molecular weight excluding hydrogens is 340 g/mol. The number of carbonyl (C=O) groups is 2. The lowest BCUT2D eigenvalue weighted by atomic mass is 9.87. The molecule has 0 aromatic heterocycles. The number of benzene rings is 3. The Morgan fingerprint density at radius 1 is 0.852 bits per heavy atom. The molecule has 3 aromatic rings. The molecule has 0 bridgehead atoms. The highest BCUT2D eigenvalue weighted by Gasteiger charge is 2.16. The number of urea groups is 1. The topological polar surface area (TPSA) is 78.4 Å². The Morgan fingerprint density at radius 3 is 2.15 bits per heavy atom. The maximum atomic E-state index is 12.3. The zero-order chi connectivity index (χ0) is 19.6. The standard InChI is InChI=1S/C22H22N2O3/c1-22(2,3)15-12-10-14(11-13-15)20(26)24-21(27)23-18-8-4-7-17-16(18)6-5-9-19(17)25/h4-13,25H,1-3H3,(H2,23,24,26,27). The van der Waals surface area contributed by atoms with Gasteiger partial charge in [0.25, 0.3) is 5.91 Å². The summed E-state index contributed by atoms with van der Waals surface area (Å²) in [6.07, 6.45) is 0. The number of imide groups is 1. The number of nitrogens with one attached hydrogen (secondary N) is 2. The largest absolute Gasteiger partial charge is 0.507 e. The average Bonchev–Trinajstić information content (AvgIpc) is 2.62. The summed E-state index contributed by atoms with van der Waals surface area (Å²) in [5, 5.41) is 16.2. The first-order chi connectivity index (χ1) is 12.8. The summed E-state index contributed by atoms with van der Waals surface area (Å²) < 4.78 is 0. The lowest BCUT2D eigenvalue weighted by molar-refractivity contribution is 0.0967. The number of rotatable bonds is 2. The second kappa shape index (κ2) is 7.11. The smallest absolute Gasteiger partial charge is 0.326 e. The van der Waals surface area contributed by atoms with Crippen LogP contribution in [0.4, 0.5) is 10.5 Å². The highest BCUT2D eigenvalue weighted by atomic mass is 16.3. The Labute approximate surface area is 158 Å². The van der Waals surface area contributed by atoms with Crippen molar-refractivity contribution >= 4 is 28.4 Å². The van der Waals surface area contributed by atoms with Crippen LogP contribution in [-0.4, -0.2) is 17.0 Å². The van der Waals surface area contributed by atoms with Crippen molar-refractivity contribution in [3.05, 3.63) is 71.8 Å². The van der Waals surface area contributed by atoms with Gasteiger partial charge >= 0.3 is 6.03 Å². The fraction of sp³-hybridized carbons (Fsp3) is 0.182. The van der Waals surface area contributed by atoms with Gasteiger partial charge in [-0.2, -0.15) is 0 Å². The second-order valence-electron chi connectivity index (χ2n) is 7.41. The van der Waals surface area contributed by atoms with E-state index in [4.69, 9.17) is 0 Å². The SMILES string of the molecule is CC(C)(C)c1ccc(C(=O)NC(=O)Nc2cccc3c(O)cccc23)cc1. The molecule has 3 aromatic carbocycles. The van der Waals surface area contributed by atoms with E-state index in [0.29, 0.717) is 22.0 Å². The first-order valence-corrected chi connectivity index (χ1v) is 8.69. The Balaban J connectivity index is 1.73. The fourth-order valence-corrected chi connectivity index (χ4v) is 2.85. The molecule has 0 spiro atoms. The van der Waals surface area contributed by atoms with Gasteiger partial charge in [-0.25, -0.2) is 4.79 Å². The number of phenols is 1. The van der Waals surface area contributed by atoms with Gasteiger partial charge in [0.05, 0.1) is 5.69 Å². The summed E-state index contributed by atoms with van der Waals surface area (Å²) >= 11 is 0. The second-order valence-corrected chi connectivity index (χ2v) is 7.41. The molecule has 5 heteroatoms. The van der Waals surface area contributed by atoms with E-state index in [9.17, 15) is 14.7 Å². The van der Waals surface area contributed by atoms with Gasteiger partial charge in [0.1, 0.15) is 5.75 Å². The highest BCUT2D eigenvalue weighted by Crippen LogP contribution is 2.29. The van der Waals surface area contributed by atoms with Crippen LogP contribution in [-0.2, 0) is 5.41 Å². The lowest BCUT2D eigenvalue weighted by Gasteiger charge is -2.19. The van der Waals surface area contributed by atoms with E-state index >= 15 is 0 Å². The number of amides is 3. The molecule has 3 N–H and O–H groups in total. The molecule has 0 radical (unpaired) electrons. The van der Waals surface area contributed by atoms with Gasteiger partial charge in [-0.15, -0.1) is 0 Å². The first kappa shape index (κ1) is 18.5. The molecule has 3 amide bonds. The van der Waals surface area contributed by atoms with Gasteiger partial charge in [-0.3, -0.25) is 10.1 Å². The molecule has 5 nitrogen and oxygen atoms in total. The van der Waals surface area contributed by atoms with Crippen molar-refractivity contribution in [3.63, 3.8) is 0 Å². The van der Waals surface area contributed by atoms with E-state index < -0.39 is 11.9 Å². The summed E-state index contributed by atoms with van der Waals surface area (Å²) in [5.41, 5.74) is 2.02. The number of fused-ring (bicyclic) bond motifs is 1. The zero-order valence-corrected chi connectivity index (χ0v) is 15.5.